The highest BCUT2D eigenvalue weighted by molar-refractivity contribution is 6.04. The van der Waals surface area contributed by atoms with Gasteiger partial charge in [0.2, 0.25) is 5.91 Å². The fourth-order valence-corrected chi connectivity index (χ4v) is 3.83. The van der Waals surface area contributed by atoms with Crippen LogP contribution in [0.15, 0.2) is 48.7 Å². The summed E-state index contributed by atoms with van der Waals surface area (Å²) in [5.41, 5.74) is 1.69. The fourth-order valence-electron chi connectivity index (χ4n) is 3.83. The lowest BCUT2D eigenvalue weighted by Crippen LogP contribution is -2.34. The quantitative estimate of drug-likeness (QED) is 0.481. The van der Waals surface area contributed by atoms with Crippen molar-refractivity contribution in [2.24, 2.45) is 0 Å². The standard InChI is InChI=1S/C23H26N6O4/c1-15(21-27-26-19-5-3-4-13-28(19)21)24-20(30)11-10-18-22(31)29(23(32)25-18)14-12-16-6-8-17(33-2)9-7-16/h3-9,13,15,18H,10-12,14H2,1-2H3,(H,24,30)(H,25,32). The number of methoxy groups -OCH3 is 1. The second-order valence-electron chi connectivity index (χ2n) is 7.90. The van der Waals surface area contributed by atoms with E-state index in [4.69, 9.17) is 4.74 Å². The monoisotopic (exact) mass is 450 g/mol. The number of fused-ring (bicyclic) bond motifs is 1. The van der Waals surface area contributed by atoms with Crippen molar-refractivity contribution in [3.63, 3.8) is 0 Å². The lowest BCUT2D eigenvalue weighted by atomic mass is 10.1. The van der Waals surface area contributed by atoms with E-state index in [1.165, 1.54) is 4.90 Å². The summed E-state index contributed by atoms with van der Waals surface area (Å²) < 4.78 is 6.95. The molecule has 1 aliphatic heterocycles. The highest BCUT2D eigenvalue weighted by atomic mass is 16.5. The van der Waals surface area contributed by atoms with Gasteiger partial charge in [-0.05, 0) is 49.6 Å². The molecule has 1 aromatic carbocycles. The Balaban J connectivity index is 1.27. The van der Waals surface area contributed by atoms with E-state index in [9.17, 15) is 14.4 Å². The Kier molecular flexibility index (Phi) is 6.53. The number of carbonyl (C=O) groups excluding carboxylic acids is 3. The van der Waals surface area contributed by atoms with E-state index >= 15 is 0 Å². The van der Waals surface area contributed by atoms with Gasteiger partial charge in [-0.15, -0.1) is 10.2 Å². The van der Waals surface area contributed by atoms with Gasteiger partial charge in [-0.1, -0.05) is 18.2 Å². The molecule has 1 fully saturated rings. The van der Waals surface area contributed by atoms with Gasteiger partial charge in [0.15, 0.2) is 11.5 Å². The first-order valence-electron chi connectivity index (χ1n) is 10.8. The van der Waals surface area contributed by atoms with Crippen LogP contribution in [0.5, 0.6) is 5.75 Å². The van der Waals surface area contributed by atoms with Crippen LogP contribution in [0.1, 0.15) is 37.2 Å². The topological polar surface area (TPSA) is 118 Å². The van der Waals surface area contributed by atoms with Crippen LogP contribution in [0.3, 0.4) is 0 Å². The summed E-state index contributed by atoms with van der Waals surface area (Å²) in [4.78, 5) is 38.6. The van der Waals surface area contributed by atoms with E-state index in [1.807, 2.05) is 60.0 Å². The highest BCUT2D eigenvalue weighted by Crippen LogP contribution is 2.16. The minimum Gasteiger partial charge on any atom is -0.497 e. The summed E-state index contributed by atoms with van der Waals surface area (Å²) in [6, 6.07) is 11.6. The third kappa shape index (κ3) is 4.94. The molecule has 10 heteroatoms. The Morgan fingerprint density at radius 1 is 1.18 bits per heavy atom. The normalized spacial score (nSPS) is 16.7. The zero-order valence-electron chi connectivity index (χ0n) is 18.5. The smallest absolute Gasteiger partial charge is 0.324 e. The number of rotatable bonds is 9. The molecule has 2 aromatic heterocycles. The van der Waals surface area contributed by atoms with Crippen LogP contribution in [-0.4, -0.2) is 57.0 Å². The van der Waals surface area contributed by atoms with Crippen molar-refractivity contribution < 1.29 is 19.1 Å². The van der Waals surface area contributed by atoms with Gasteiger partial charge in [0.25, 0.3) is 5.91 Å². The molecule has 10 nitrogen and oxygen atoms in total. The summed E-state index contributed by atoms with van der Waals surface area (Å²) in [5.74, 6) is 0.833. The second kappa shape index (κ2) is 9.68. The molecule has 172 valence electrons. The Bertz CT molecular complexity index is 1160. The van der Waals surface area contributed by atoms with Gasteiger partial charge in [-0.2, -0.15) is 0 Å². The molecule has 33 heavy (non-hydrogen) atoms. The van der Waals surface area contributed by atoms with E-state index in [0.29, 0.717) is 17.9 Å². The van der Waals surface area contributed by atoms with Crippen LogP contribution < -0.4 is 15.4 Å². The predicted molar refractivity (Wildman–Crippen MR) is 120 cm³/mol. The lowest BCUT2D eigenvalue weighted by molar-refractivity contribution is -0.127. The molecule has 0 spiro atoms. The third-order valence-electron chi connectivity index (χ3n) is 5.66. The maximum atomic E-state index is 12.7. The largest absolute Gasteiger partial charge is 0.497 e. The molecule has 0 aliphatic carbocycles. The maximum Gasteiger partial charge on any atom is 0.324 e. The number of carbonyl (C=O) groups is 3. The van der Waals surface area contributed by atoms with Crippen molar-refractivity contribution in [1.29, 1.82) is 0 Å². The van der Waals surface area contributed by atoms with Gasteiger partial charge < -0.3 is 15.4 Å². The third-order valence-corrected chi connectivity index (χ3v) is 5.66. The number of hydrogen-bond donors (Lipinski definition) is 2. The Morgan fingerprint density at radius 3 is 2.73 bits per heavy atom. The van der Waals surface area contributed by atoms with Gasteiger partial charge in [-0.3, -0.25) is 18.9 Å². The predicted octanol–water partition coefficient (Wildman–Crippen LogP) is 1.86. The minimum absolute atomic E-state index is 0.101. The Labute approximate surface area is 190 Å². The molecule has 2 N–H and O–H groups in total. The summed E-state index contributed by atoms with van der Waals surface area (Å²) in [5, 5.41) is 13.8. The highest BCUT2D eigenvalue weighted by Gasteiger charge is 2.37. The second-order valence-corrected chi connectivity index (χ2v) is 7.90. The van der Waals surface area contributed by atoms with Crippen molar-refractivity contribution in [1.82, 2.24) is 30.1 Å². The number of urea groups is 1. The number of aromatic nitrogens is 3. The number of nitrogens with zero attached hydrogens (tertiary/aromatic N) is 4. The molecule has 3 aromatic rings. The summed E-state index contributed by atoms with van der Waals surface area (Å²) in [6.07, 6.45) is 2.70. The van der Waals surface area contributed by atoms with Crippen molar-refractivity contribution in [3.05, 3.63) is 60.0 Å². The zero-order valence-corrected chi connectivity index (χ0v) is 18.5. The minimum atomic E-state index is -0.705. The molecule has 4 amide bonds. The van der Waals surface area contributed by atoms with Crippen LogP contribution in [0.25, 0.3) is 5.65 Å². The molecule has 0 bridgehead atoms. The van der Waals surface area contributed by atoms with E-state index in [0.717, 1.165) is 11.3 Å². The SMILES string of the molecule is COc1ccc(CCN2C(=O)NC(CCC(=O)NC(C)c3nnc4ccccn34)C2=O)cc1. The summed E-state index contributed by atoms with van der Waals surface area (Å²) in [7, 11) is 1.60. The average Bonchev–Trinajstić information content (AvgIpc) is 3.37. The maximum absolute atomic E-state index is 12.7. The van der Waals surface area contributed by atoms with Gasteiger partial charge in [0, 0.05) is 19.2 Å². The van der Waals surface area contributed by atoms with Crippen molar-refractivity contribution in [3.8, 4) is 5.75 Å². The number of amides is 4. The first kappa shape index (κ1) is 22.3. The number of hydrogen-bond acceptors (Lipinski definition) is 6. The number of ether oxygens (including phenoxy) is 1. The number of benzene rings is 1. The molecule has 3 heterocycles. The van der Waals surface area contributed by atoms with Gasteiger partial charge in [0.1, 0.15) is 11.8 Å². The molecule has 0 saturated carbocycles. The van der Waals surface area contributed by atoms with E-state index in [1.54, 1.807) is 7.11 Å². The van der Waals surface area contributed by atoms with Gasteiger partial charge in [0.05, 0.1) is 13.2 Å². The van der Waals surface area contributed by atoms with Crippen LogP contribution in [0, 0.1) is 0 Å². The molecule has 0 radical (unpaired) electrons. The number of nitrogens with one attached hydrogen (secondary N) is 2. The molecular weight excluding hydrogens is 424 g/mol. The van der Waals surface area contributed by atoms with Crippen LogP contribution in [0.4, 0.5) is 4.79 Å². The van der Waals surface area contributed by atoms with E-state index < -0.39 is 12.1 Å². The first-order chi connectivity index (χ1) is 16.0. The van der Waals surface area contributed by atoms with E-state index in [-0.39, 0.29) is 37.2 Å². The zero-order chi connectivity index (χ0) is 23.4. The molecular formula is C23H26N6O4. The van der Waals surface area contributed by atoms with Crippen molar-refractivity contribution in [2.45, 2.75) is 38.3 Å². The molecule has 4 rings (SSSR count). The molecule has 1 aliphatic rings. The summed E-state index contributed by atoms with van der Waals surface area (Å²) >= 11 is 0. The lowest BCUT2D eigenvalue weighted by Gasteiger charge is -2.14. The number of pyridine rings is 1. The average molecular weight is 450 g/mol. The van der Waals surface area contributed by atoms with Crippen LogP contribution in [-0.2, 0) is 16.0 Å². The molecule has 2 atom stereocenters. The number of imide groups is 1. The van der Waals surface area contributed by atoms with Gasteiger partial charge >= 0.3 is 6.03 Å². The van der Waals surface area contributed by atoms with Crippen molar-refractivity contribution in [2.75, 3.05) is 13.7 Å². The summed E-state index contributed by atoms with van der Waals surface area (Å²) in [6.45, 7) is 2.10. The molecule has 1 saturated heterocycles. The van der Waals surface area contributed by atoms with Crippen LogP contribution in [0.2, 0.25) is 0 Å². The van der Waals surface area contributed by atoms with Gasteiger partial charge in [-0.25, -0.2) is 4.79 Å². The Morgan fingerprint density at radius 2 is 1.97 bits per heavy atom. The van der Waals surface area contributed by atoms with E-state index in [2.05, 4.69) is 20.8 Å². The Hall–Kier alpha value is -3.95. The fraction of sp³-hybridized carbons (Fsp3) is 0.348. The molecule has 2 unspecified atom stereocenters. The first-order valence-corrected chi connectivity index (χ1v) is 10.8. The van der Waals surface area contributed by atoms with Crippen molar-refractivity contribution >= 4 is 23.5 Å². The van der Waals surface area contributed by atoms with Crippen LogP contribution >= 0.6 is 0 Å².